The standard InChI is InChI=1S/C18H21F2N3O4S/c1-26-17-7-6-15(12-16(17)23-10-8-21-9-11-23)28(24,25)22-13-2-4-14(5-3-13)27-18(19)20/h2-7,12,18,21-22H,8-11H2,1H3. The quantitative estimate of drug-likeness (QED) is 0.726. The molecule has 1 fully saturated rings. The molecule has 2 aromatic rings. The molecular weight excluding hydrogens is 392 g/mol. The lowest BCUT2D eigenvalue weighted by Gasteiger charge is -2.30. The molecule has 2 N–H and O–H groups in total. The zero-order chi connectivity index (χ0) is 20.1. The van der Waals surface area contributed by atoms with Gasteiger partial charge in [-0.1, -0.05) is 0 Å². The van der Waals surface area contributed by atoms with Crippen LogP contribution >= 0.6 is 0 Å². The monoisotopic (exact) mass is 413 g/mol. The summed E-state index contributed by atoms with van der Waals surface area (Å²) >= 11 is 0. The van der Waals surface area contributed by atoms with Gasteiger partial charge in [-0.3, -0.25) is 4.72 Å². The molecule has 1 aliphatic rings. The topological polar surface area (TPSA) is 79.9 Å². The number of piperazine rings is 1. The largest absolute Gasteiger partial charge is 0.495 e. The Morgan fingerprint density at radius 3 is 2.39 bits per heavy atom. The van der Waals surface area contributed by atoms with Crippen LogP contribution in [0.4, 0.5) is 20.2 Å². The Balaban J connectivity index is 1.82. The van der Waals surface area contributed by atoms with Crippen LogP contribution in [0.5, 0.6) is 11.5 Å². The number of nitrogens with zero attached hydrogens (tertiary/aromatic N) is 1. The van der Waals surface area contributed by atoms with Crippen molar-refractivity contribution in [1.29, 1.82) is 0 Å². The van der Waals surface area contributed by atoms with E-state index in [1.165, 1.54) is 37.4 Å². The van der Waals surface area contributed by atoms with Gasteiger partial charge in [0.25, 0.3) is 10.0 Å². The SMILES string of the molecule is COc1ccc(S(=O)(=O)Nc2ccc(OC(F)F)cc2)cc1N1CCNCC1. The highest BCUT2D eigenvalue weighted by Crippen LogP contribution is 2.32. The van der Waals surface area contributed by atoms with Crippen LogP contribution in [0.15, 0.2) is 47.4 Å². The number of sulfonamides is 1. The van der Waals surface area contributed by atoms with Crippen LogP contribution in [0, 0.1) is 0 Å². The summed E-state index contributed by atoms with van der Waals surface area (Å²) < 4.78 is 62.0. The van der Waals surface area contributed by atoms with Gasteiger partial charge in [0, 0.05) is 31.9 Å². The highest BCUT2D eigenvalue weighted by Gasteiger charge is 2.21. The molecule has 1 heterocycles. The van der Waals surface area contributed by atoms with Gasteiger partial charge in [-0.05, 0) is 42.5 Å². The molecule has 0 aliphatic carbocycles. The van der Waals surface area contributed by atoms with Gasteiger partial charge in [-0.25, -0.2) is 8.42 Å². The number of alkyl halides is 2. The smallest absolute Gasteiger partial charge is 0.387 e. The number of hydrogen-bond donors (Lipinski definition) is 2. The van der Waals surface area contributed by atoms with Crippen molar-refractivity contribution in [2.24, 2.45) is 0 Å². The highest BCUT2D eigenvalue weighted by molar-refractivity contribution is 7.92. The average molecular weight is 413 g/mol. The minimum atomic E-state index is -3.87. The Kier molecular flexibility index (Phi) is 6.20. The molecule has 3 rings (SSSR count). The van der Waals surface area contributed by atoms with Crippen molar-refractivity contribution < 1.29 is 26.7 Å². The summed E-state index contributed by atoms with van der Waals surface area (Å²) in [6.07, 6.45) is 0. The molecule has 1 aliphatic heterocycles. The molecule has 0 spiro atoms. The Labute approximate surface area is 162 Å². The average Bonchev–Trinajstić information content (AvgIpc) is 2.69. The van der Waals surface area contributed by atoms with Gasteiger partial charge < -0.3 is 19.7 Å². The minimum absolute atomic E-state index is 0.0524. The molecule has 0 aromatic heterocycles. The Morgan fingerprint density at radius 2 is 1.79 bits per heavy atom. The van der Waals surface area contributed by atoms with E-state index in [4.69, 9.17) is 4.74 Å². The van der Waals surface area contributed by atoms with Crippen LogP contribution in [0.3, 0.4) is 0 Å². The number of rotatable bonds is 7. The van der Waals surface area contributed by atoms with Crippen LogP contribution in [0.1, 0.15) is 0 Å². The molecule has 0 unspecified atom stereocenters. The summed E-state index contributed by atoms with van der Waals surface area (Å²) in [5, 5.41) is 3.25. The van der Waals surface area contributed by atoms with Crippen LogP contribution in [0.25, 0.3) is 0 Å². The van der Waals surface area contributed by atoms with Crippen molar-refractivity contribution in [3.8, 4) is 11.5 Å². The van der Waals surface area contributed by atoms with Crippen molar-refractivity contribution in [3.05, 3.63) is 42.5 Å². The zero-order valence-corrected chi connectivity index (χ0v) is 16.0. The van der Waals surface area contributed by atoms with Crippen LogP contribution in [-0.4, -0.2) is 48.3 Å². The van der Waals surface area contributed by atoms with E-state index in [-0.39, 0.29) is 16.3 Å². The third kappa shape index (κ3) is 4.82. The van der Waals surface area contributed by atoms with Gasteiger partial charge >= 0.3 is 6.61 Å². The lowest BCUT2D eigenvalue weighted by Crippen LogP contribution is -2.43. The predicted molar refractivity (Wildman–Crippen MR) is 102 cm³/mol. The van der Waals surface area contributed by atoms with E-state index in [1.807, 2.05) is 0 Å². The van der Waals surface area contributed by atoms with Crippen molar-refractivity contribution in [2.75, 3.05) is 42.9 Å². The third-order valence-corrected chi connectivity index (χ3v) is 5.63. The Hall–Kier alpha value is -2.59. The third-order valence-electron chi connectivity index (χ3n) is 4.25. The molecule has 28 heavy (non-hydrogen) atoms. The van der Waals surface area contributed by atoms with Crippen molar-refractivity contribution in [3.63, 3.8) is 0 Å². The van der Waals surface area contributed by atoms with Crippen molar-refractivity contribution in [1.82, 2.24) is 5.32 Å². The predicted octanol–water partition coefficient (Wildman–Crippen LogP) is 2.51. The first-order chi connectivity index (χ1) is 13.4. The van der Waals surface area contributed by atoms with E-state index < -0.39 is 16.6 Å². The number of anilines is 2. The fraction of sp³-hybridized carbons (Fsp3) is 0.333. The maximum atomic E-state index is 12.8. The minimum Gasteiger partial charge on any atom is -0.495 e. The summed E-state index contributed by atoms with van der Waals surface area (Å²) in [6, 6.07) is 9.90. The lowest BCUT2D eigenvalue weighted by atomic mass is 10.2. The van der Waals surface area contributed by atoms with Gasteiger partial charge in [0.05, 0.1) is 17.7 Å². The van der Waals surface area contributed by atoms with E-state index in [1.54, 1.807) is 12.1 Å². The number of hydrogen-bond acceptors (Lipinski definition) is 6. The van der Waals surface area contributed by atoms with E-state index in [0.717, 1.165) is 26.2 Å². The number of halogens is 2. The second-order valence-corrected chi connectivity index (χ2v) is 7.76. The van der Waals surface area contributed by atoms with Crippen LogP contribution in [0.2, 0.25) is 0 Å². The van der Waals surface area contributed by atoms with Crippen molar-refractivity contribution >= 4 is 21.4 Å². The molecule has 2 aromatic carbocycles. The highest BCUT2D eigenvalue weighted by atomic mass is 32.2. The van der Waals surface area contributed by atoms with E-state index in [9.17, 15) is 17.2 Å². The molecule has 0 bridgehead atoms. The van der Waals surface area contributed by atoms with Gasteiger partial charge in [-0.15, -0.1) is 0 Å². The Bertz CT molecular complexity index is 902. The number of ether oxygens (including phenoxy) is 2. The maximum Gasteiger partial charge on any atom is 0.387 e. The first-order valence-corrected chi connectivity index (χ1v) is 10.1. The second-order valence-electron chi connectivity index (χ2n) is 6.08. The normalized spacial score (nSPS) is 14.8. The molecule has 152 valence electrons. The summed E-state index contributed by atoms with van der Waals surface area (Å²) in [4.78, 5) is 2.14. The van der Waals surface area contributed by atoms with Crippen LogP contribution in [-0.2, 0) is 10.0 Å². The molecule has 0 saturated carbocycles. The van der Waals surface area contributed by atoms with Crippen molar-refractivity contribution in [2.45, 2.75) is 11.5 Å². The molecule has 0 radical (unpaired) electrons. The Morgan fingerprint density at radius 1 is 1.11 bits per heavy atom. The lowest BCUT2D eigenvalue weighted by molar-refractivity contribution is -0.0498. The molecule has 1 saturated heterocycles. The number of nitrogens with one attached hydrogen (secondary N) is 2. The van der Waals surface area contributed by atoms with E-state index in [2.05, 4.69) is 19.7 Å². The first kappa shape index (κ1) is 20.2. The first-order valence-electron chi connectivity index (χ1n) is 8.60. The summed E-state index contributed by atoms with van der Waals surface area (Å²) in [7, 11) is -2.33. The molecule has 7 nitrogen and oxygen atoms in total. The number of benzene rings is 2. The van der Waals surface area contributed by atoms with Crippen LogP contribution < -0.4 is 24.4 Å². The van der Waals surface area contributed by atoms with Gasteiger partial charge in [0.1, 0.15) is 11.5 Å². The number of methoxy groups -OCH3 is 1. The summed E-state index contributed by atoms with van der Waals surface area (Å²) in [5.74, 6) is 0.540. The van der Waals surface area contributed by atoms with E-state index >= 15 is 0 Å². The van der Waals surface area contributed by atoms with E-state index in [0.29, 0.717) is 11.4 Å². The van der Waals surface area contributed by atoms with Gasteiger partial charge in [-0.2, -0.15) is 8.78 Å². The molecule has 10 heteroatoms. The zero-order valence-electron chi connectivity index (χ0n) is 15.2. The molecule has 0 amide bonds. The molecule has 0 atom stereocenters. The fourth-order valence-electron chi connectivity index (χ4n) is 2.91. The maximum absolute atomic E-state index is 12.8. The van der Waals surface area contributed by atoms with Gasteiger partial charge in [0.15, 0.2) is 0 Å². The summed E-state index contributed by atoms with van der Waals surface area (Å²) in [6.45, 7) is 0.125. The second kappa shape index (κ2) is 8.61. The van der Waals surface area contributed by atoms with Gasteiger partial charge in [0.2, 0.25) is 0 Å². The molecular formula is C18H21F2N3O4S. The fourth-order valence-corrected chi connectivity index (χ4v) is 3.99. The summed E-state index contributed by atoms with van der Waals surface area (Å²) in [5.41, 5.74) is 0.939.